The average molecular weight is 395 g/mol. The van der Waals surface area contributed by atoms with Crippen LogP contribution >= 0.6 is 11.6 Å². The van der Waals surface area contributed by atoms with Gasteiger partial charge in [-0.05, 0) is 37.6 Å². The molecule has 0 spiro atoms. The second kappa shape index (κ2) is 7.59. The van der Waals surface area contributed by atoms with Crippen molar-refractivity contribution < 1.29 is 13.2 Å². The van der Waals surface area contributed by atoms with Gasteiger partial charge in [0.25, 0.3) is 5.91 Å². The fraction of sp³-hybridized carbons (Fsp3) is 0.353. The molecule has 1 amide bonds. The lowest BCUT2D eigenvalue weighted by Crippen LogP contribution is -2.37. The lowest BCUT2D eigenvalue weighted by atomic mass is 10.2. The quantitative estimate of drug-likeness (QED) is 0.837. The van der Waals surface area contributed by atoms with E-state index in [-0.39, 0.29) is 29.1 Å². The number of hydrogen-bond donors (Lipinski definition) is 1. The maximum atomic E-state index is 12.4. The number of sulfone groups is 1. The zero-order valence-corrected chi connectivity index (χ0v) is 15.8. The van der Waals surface area contributed by atoms with Crippen LogP contribution in [0, 0.1) is 0 Å². The Labute approximate surface area is 157 Å². The van der Waals surface area contributed by atoms with E-state index in [1.54, 1.807) is 30.3 Å². The van der Waals surface area contributed by atoms with Gasteiger partial charge in [0.2, 0.25) is 0 Å². The van der Waals surface area contributed by atoms with Gasteiger partial charge in [-0.15, -0.1) is 0 Å². The summed E-state index contributed by atoms with van der Waals surface area (Å²) in [5, 5.41) is 3.33. The summed E-state index contributed by atoms with van der Waals surface area (Å²) in [7, 11) is -3.00. The molecular weight excluding hydrogens is 376 g/mol. The molecular formula is C17H19ClN4O3S. The van der Waals surface area contributed by atoms with Crippen molar-refractivity contribution in [3.8, 4) is 0 Å². The number of rotatable bonds is 5. The molecule has 0 bridgehead atoms. The van der Waals surface area contributed by atoms with Crippen molar-refractivity contribution in [2.45, 2.75) is 19.4 Å². The number of carbonyl (C=O) groups is 1. The Kier molecular flexibility index (Phi) is 5.43. The molecule has 138 valence electrons. The molecule has 1 atom stereocenters. The van der Waals surface area contributed by atoms with E-state index in [0.717, 1.165) is 0 Å². The number of benzene rings is 1. The van der Waals surface area contributed by atoms with E-state index in [1.807, 2.05) is 11.8 Å². The van der Waals surface area contributed by atoms with E-state index < -0.39 is 9.84 Å². The minimum atomic E-state index is -3.00. The van der Waals surface area contributed by atoms with E-state index >= 15 is 0 Å². The first-order valence-electron chi connectivity index (χ1n) is 8.24. The molecule has 1 saturated heterocycles. The molecule has 0 aliphatic carbocycles. The first kappa shape index (κ1) is 18.6. The zero-order chi connectivity index (χ0) is 18.7. The second-order valence-electron chi connectivity index (χ2n) is 6.07. The Bertz CT molecular complexity index is 902. The number of hydrogen-bond acceptors (Lipinski definition) is 6. The van der Waals surface area contributed by atoms with Crippen molar-refractivity contribution in [2.75, 3.05) is 28.3 Å². The van der Waals surface area contributed by atoms with Crippen LogP contribution in [0.5, 0.6) is 0 Å². The van der Waals surface area contributed by atoms with Gasteiger partial charge in [0.1, 0.15) is 17.8 Å². The Morgan fingerprint density at radius 1 is 1.31 bits per heavy atom. The molecule has 1 unspecified atom stereocenters. The summed E-state index contributed by atoms with van der Waals surface area (Å²) in [6.07, 6.45) is 1.88. The van der Waals surface area contributed by atoms with Crippen LogP contribution in [0.2, 0.25) is 5.02 Å². The van der Waals surface area contributed by atoms with Crippen molar-refractivity contribution in [1.82, 2.24) is 9.97 Å². The molecule has 1 aliphatic heterocycles. The Hall–Kier alpha value is -2.19. The third-order valence-electron chi connectivity index (χ3n) is 4.27. The minimum absolute atomic E-state index is 0.108. The lowest BCUT2D eigenvalue weighted by molar-refractivity contribution is 0.102. The molecule has 1 aromatic heterocycles. The molecule has 0 saturated carbocycles. The molecule has 1 N–H and O–H groups in total. The van der Waals surface area contributed by atoms with Crippen LogP contribution in [0.25, 0.3) is 0 Å². The smallest absolute Gasteiger partial charge is 0.274 e. The van der Waals surface area contributed by atoms with Crippen LogP contribution in [0.3, 0.4) is 0 Å². The van der Waals surface area contributed by atoms with Crippen LogP contribution in [0.15, 0.2) is 36.7 Å². The summed E-state index contributed by atoms with van der Waals surface area (Å²) in [6.45, 7) is 2.52. The van der Waals surface area contributed by atoms with E-state index in [4.69, 9.17) is 11.6 Å². The number of amides is 1. The maximum absolute atomic E-state index is 12.4. The van der Waals surface area contributed by atoms with Crippen LogP contribution in [-0.4, -0.2) is 48.4 Å². The van der Waals surface area contributed by atoms with E-state index in [2.05, 4.69) is 15.3 Å². The van der Waals surface area contributed by atoms with Gasteiger partial charge in [0.05, 0.1) is 11.5 Å². The fourth-order valence-electron chi connectivity index (χ4n) is 2.99. The summed E-state index contributed by atoms with van der Waals surface area (Å²) in [4.78, 5) is 22.6. The van der Waals surface area contributed by atoms with Crippen molar-refractivity contribution in [1.29, 1.82) is 0 Å². The number of anilines is 2. The predicted octanol–water partition coefficient (Wildman–Crippen LogP) is 2.40. The average Bonchev–Trinajstić information content (AvgIpc) is 2.97. The third kappa shape index (κ3) is 4.31. The Balaban J connectivity index is 1.78. The SMILES string of the molecule is CCN(c1cc(C(=O)Nc2ccc(Cl)cc2)ncn1)C1CCS(=O)(=O)C1. The summed E-state index contributed by atoms with van der Waals surface area (Å²) in [5.41, 5.74) is 0.818. The summed E-state index contributed by atoms with van der Waals surface area (Å²) < 4.78 is 23.5. The monoisotopic (exact) mass is 394 g/mol. The molecule has 3 rings (SSSR count). The van der Waals surface area contributed by atoms with E-state index in [0.29, 0.717) is 29.5 Å². The molecule has 1 aliphatic rings. The predicted molar refractivity (Wildman–Crippen MR) is 102 cm³/mol. The van der Waals surface area contributed by atoms with Gasteiger partial charge in [-0.25, -0.2) is 18.4 Å². The summed E-state index contributed by atoms with van der Waals surface area (Å²) in [5.74, 6) is 0.470. The molecule has 0 radical (unpaired) electrons. The second-order valence-corrected chi connectivity index (χ2v) is 8.73. The number of nitrogens with one attached hydrogen (secondary N) is 1. The standard InChI is InChI=1S/C17H19ClN4O3S/c1-2-22(14-7-8-26(24,25)10-14)16-9-15(19-11-20-16)17(23)21-13-5-3-12(18)4-6-13/h3-6,9,11,14H,2,7-8,10H2,1H3,(H,21,23). The maximum Gasteiger partial charge on any atom is 0.274 e. The number of halogens is 1. The Morgan fingerprint density at radius 2 is 2.04 bits per heavy atom. The van der Waals surface area contributed by atoms with Gasteiger partial charge in [0, 0.05) is 29.4 Å². The minimum Gasteiger partial charge on any atom is -0.353 e. The Morgan fingerprint density at radius 3 is 2.65 bits per heavy atom. The summed E-state index contributed by atoms with van der Waals surface area (Å²) >= 11 is 5.84. The zero-order valence-electron chi connectivity index (χ0n) is 14.2. The van der Waals surface area contributed by atoms with Gasteiger partial charge in [-0.2, -0.15) is 0 Å². The molecule has 1 fully saturated rings. The van der Waals surface area contributed by atoms with Gasteiger partial charge < -0.3 is 10.2 Å². The van der Waals surface area contributed by atoms with Gasteiger partial charge in [-0.3, -0.25) is 4.79 Å². The third-order valence-corrected chi connectivity index (χ3v) is 6.27. The highest BCUT2D eigenvalue weighted by Gasteiger charge is 2.32. The van der Waals surface area contributed by atoms with Crippen LogP contribution in [0.4, 0.5) is 11.5 Å². The van der Waals surface area contributed by atoms with Crippen LogP contribution in [0.1, 0.15) is 23.8 Å². The first-order valence-corrected chi connectivity index (χ1v) is 10.4. The molecule has 7 nitrogen and oxygen atoms in total. The topological polar surface area (TPSA) is 92.3 Å². The largest absolute Gasteiger partial charge is 0.353 e. The fourth-order valence-corrected chi connectivity index (χ4v) is 4.84. The number of carbonyl (C=O) groups excluding carboxylic acids is 1. The van der Waals surface area contributed by atoms with Crippen LogP contribution in [-0.2, 0) is 9.84 Å². The summed E-state index contributed by atoms with van der Waals surface area (Å²) in [6, 6.07) is 8.21. The van der Waals surface area contributed by atoms with Gasteiger partial charge >= 0.3 is 0 Å². The van der Waals surface area contributed by atoms with Gasteiger partial charge in [-0.1, -0.05) is 11.6 Å². The van der Waals surface area contributed by atoms with Crippen molar-refractivity contribution >= 4 is 38.9 Å². The van der Waals surface area contributed by atoms with Crippen molar-refractivity contribution in [2.24, 2.45) is 0 Å². The van der Waals surface area contributed by atoms with Crippen molar-refractivity contribution in [3.05, 3.63) is 47.4 Å². The highest BCUT2D eigenvalue weighted by atomic mass is 35.5. The van der Waals surface area contributed by atoms with Gasteiger partial charge in [0.15, 0.2) is 9.84 Å². The highest BCUT2D eigenvalue weighted by Crippen LogP contribution is 2.23. The normalized spacial score (nSPS) is 18.5. The highest BCUT2D eigenvalue weighted by molar-refractivity contribution is 7.91. The van der Waals surface area contributed by atoms with Crippen molar-refractivity contribution in [3.63, 3.8) is 0 Å². The van der Waals surface area contributed by atoms with E-state index in [9.17, 15) is 13.2 Å². The number of aromatic nitrogens is 2. The first-order chi connectivity index (χ1) is 12.4. The lowest BCUT2D eigenvalue weighted by Gasteiger charge is -2.27. The number of nitrogens with zero attached hydrogens (tertiary/aromatic N) is 3. The molecule has 9 heteroatoms. The molecule has 2 aromatic rings. The van der Waals surface area contributed by atoms with E-state index in [1.165, 1.54) is 6.33 Å². The molecule has 1 aromatic carbocycles. The van der Waals surface area contributed by atoms with Crippen LogP contribution < -0.4 is 10.2 Å². The molecule has 26 heavy (non-hydrogen) atoms. The molecule has 2 heterocycles.